The molecule has 180 valence electrons. The van der Waals surface area contributed by atoms with Crippen LogP contribution in [0.5, 0.6) is 0 Å². The van der Waals surface area contributed by atoms with Crippen molar-refractivity contribution in [3.63, 3.8) is 0 Å². The van der Waals surface area contributed by atoms with Crippen LogP contribution in [-0.2, 0) is 26.6 Å². The third kappa shape index (κ3) is 6.12. The van der Waals surface area contributed by atoms with E-state index in [0.29, 0.717) is 26.2 Å². The van der Waals surface area contributed by atoms with Crippen molar-refractivity contribution in [2.75, 3.05) is 13.2 Å². The normalized spacial score (nSPS) is 20.0. The molecule has 3 aromatic rings. The van der Waals surface area contributed by atoms with Crippen LogP contribution in [0.2, 0.25) is 0 Å². The number of hydrogen-bond acceptors (Lipinski definition) is 5. The van der Waals surface area contributed by atoms with E-state index in [1.165, 1.54) is 0 Å². The van der Waals surface area contributed by atoms with Crippen molar-refractivity contribution in [1.29, 1.82) is 0 Å². The fourth-order valence-electron chi connectivity index (χ4n) is 4.37. The lowest BCUT2D eigenvalue weighted by atomic mass is 9.96. The van der Waals surface area contributed by atoms with E-state index in [2.05, 4.69) is 0 Å². The van der Waals surface area contributed by atoms with Crippen LogP contribution in [0.4, 0.5) is 0 Å². The van der Waals surface area contributed by atoms with Gasteiger partial charge >= 0.3 is 0 Å². The third-order valence-corrected chi connectivity index (χ3v) is 6.31. The zero-order valence-electron chi connectivity index (χ0n) is 19.6. The quantitative estimate of drug-likeness (QED) is 0.434. The van der Waals surface area contributed by atoms with E-state index in [9.17, 15) is 10.2 Å². The molecular formula is C29H34O5. The highest BCUT2D eigenvalue weighted by atomic mass is 16.7. The predicted octanol–water partition coefficient (Wildman–Crippen LogP) is 4.66. The highest BCUT2D eigenvalue weighted by Crippen LogP contribution is 2.41. The van der Waals surface area contributed by atoms with Crippen molar-refractivity contribution in [3.8, 4) is 0 Å². The Morgan fingerprint density at radius 2 is 1.44 bits per heavy atom. The Balaban J connectivity index is 1.30. The molecule has 4 rings (SSSR count). The molecule has 3 aromatic carbocycles. The maximum absolute atomic E-state index is 10.7. The van der Waals surface area contributed by atoms with Gasteiger partial charge in [-0.15, -0.1) is 0 Å². The Labute approximate surface area is 201 Å². The minimum atomic E-state index is -0.996. The molecule has 5 nitrogen and oxygen atoms in total. The first-order chi connectivity index (χ1) is 16.6. The van der Waals surface area contributed by atoms with E-state index in [1.54, 1.807) is 0 Å². The number of rotatable bonds is 11. The summed E-state index contributed by atoms with van der Waals surface area (Å²) in [7, 11) is 0. The van der Waals surface area contributed by atoms with Gasteiger partial charge in [0.15, 0.2) is 0 Å². The van der Waals surface area contributed by atoms with Crippen LogP contribution < -0.4 is 0 Å². The van der Waals surface area contributed by atoms with Crippen molar-refractivity contribution in [3.05, 3.63) is 108 Å². The highest BCUT2D eigenvalue weighted by Gasteiger charge is 2.45. The summed E-state index contributed by atoms with van der Waals surface area (Å²) in [5.41, 5.74) is 2.94. The standard InChI is InChI=1S/C29H34O5/c1-22(19-32-20-23-11-5-2-6-12-23)28(31)18-26(30)17-27-21-33-29(34-27,24-13-7-3-8-14-24)25-15-9-4-10-16-25/h2-16,22,26-28,30-31H,17-21H2,1H3/t22-,26+,27-,28+/m0/s1. The van der Waals surface area contributed by atoms with Gasteiger partial charge in [0.2, 0.25) is 5.79 Å². The van der Waals surface area contributed by atoms with Gasteiger partial charge in [0.05, 0.1) is 38.1 Å². The Bertz CT molecular complexity index is 940. The molecule has 0 aliphatic carbocycles. The molecule has 1 saturated heterocycles. The zero-order valence-corrected chi connectivity index (χ0v) is 19.6. The van der Waals surface area contributed by atoms with Crippen molar-refractivity contribution in [2.45, 2.75) is 50.5 Å². The molecule has 1 aliphatic rings. The second kappa shape index (κ2) is 11.7. The first-order valence-electron chi connectivity index (χ1n) is 12.0. The van der Waals surface area contributed by atoms with Crippen LogP contribution >= 0.6 is 0 Å². The molecule has 0 spiro atoms. The van der Waals surface area contributed by atoms with Crippen LogP contribution in [0.3, 0.4) is 0 Å². The molecule has 0 unspecified atom stereocenters. The average molecular weight is 463 g/mol. The second-order valence-corrected chi connectivity index (χ2v) is 9.07. The van der Waals surface area contributed by atoms with Crippen LogP contribution in [0.15, 0.2) is 91.0 Å². The molecule has 1 heterocycles. The lowest BCUT2D eigenvalue weighted by Crippen LogP contribution is -2.32. The minimum Gasteiger partial charge on any atom is -0.393 e. The molecule has 2 N–H and O–H groups in total. The van der Waals surface area contributed by atoms with E-state index in [-0.39, 0.29) is 18.4 Å². The van der Waals surface area contributed by atoms with Gasteiger partial charge in [-0.1, -0.05) is 97.9 Å². The fraction of sp³-hybridized carbons (Fsp3) is 0.379. The van der Waals surface area contributed by atoms with Crippen molar-refractivity contribution in [1.82, 2.24) is 0 Å². The van der Waals surface area contributed by atoms with Crippen LogP contribution in [0.25, 0.3) is 0 Å². The average Bonchev–Trinajstić information content (AvgIpc) is 3.30. The largest absolute Gasteiger partial charge is 0.393 e. The zero-order chi connectivity index (χ0) is 23.8. The molecule has 0 amide bonds. The van der Waals surface area contributed by atoms with Gasteiger partial charge in [0.1, 0.15) is 0 Å². The van der Waals surface area contributed by atoms with E-state index < -0.39 is 18.0 Å². The maximum Gasteiger partial charge on any atom is 0.222 e. The summed E-state index contributed by atoms with van der Waals surface area (Å²) in [6, 6.07) is 29.7. The van der Waals surface area contributed by atoms with E-state index in [1.807, 2.05) is 97.9 Å². The SMILES string of the molecule is C[C@@H](COCc1ccccc1)[C@H](O)C[C@H](O)C[C@H]1COC(c2ccccc2)(c2ccccc2)O1. The van der Waals surface area contributed by atoms with Crippen LogP contribution in [-0.4, -0.2) is 41.7 Å². The molecule has 1 aliphatic heterocycles. The van der Waals surface area contributed by atoms with Crippen molar-refractivity contribution < 1.29 is 24.4 Å². The minimum absolute atomic E-state index is 0.0909. The van der Waals surface area contributed by atoms with Gasteiger partial charge in [-0.2, -0.15) is 0 Å². The van der Waals surface area contributed by atoms with Gasteiger partial charge in [0, 0.05) is 23.5 Å². The Hall–Kier alpha value is -2.54. The predicted molar refractivity (Wildman–Crippen MR) is 131 cm³/mol. The maximum atomic E-state index is 10.7. The fourth-order valence-corrected chi connectivity index (χ4v) is 4.37. The number of benzene rings is 3. The van der Waals surface area contributed by atoms with Crippen LogP contribution in [0, 0.1) is 5.92 Å². The van der Waals surface area contributed by atoms with Crippen molar-refractivity contribution in [2.24, 2.45) is 5.92 Å². The van der Waals surface area contributed by atoms with Gasteiger partial charge < -0.3 is 24.4 Å². The first-order valence-corrected chi connectivity index (χ1v) is 12.0. The first kappa shape index (κ1) is 24.6. The molecule has 34 heavy (non-hydrogen) atoms. The summed E-state index contributed by atoms with van der Waals surface area (Å²) in [5, 5.41) is 21.3. The molecular weight excluding hydrogens is 428 g/mol. The van der Waals surface area contributed by atoms with Gasteiger partial charge in [-0.3, -0.25) is 0 Å². The summed E-state index contributed by atoms with van der Waals surface area (Å²) in [6.07, 6.45) is -1.01. The van der Waals surface area contributed by atoms with Gasteiger partial charge in [0.25, 0.3) is 0 Å². The molecule has 5 heteroatoms. The van der Waals surface area contributed by atoms with Gasteiger partial charge in [-0.05, 0) is 12.0 Å². The summed E-state index contributed by atoms with van der Waals surface area (Å²) in [5.74, 6) is -1.09. The lowest BCUT2D eigenvalue weighted by Gasteiger charge is -2.29. The van der Waals surface area contributed by atoms with E-state index in [0.717, 1.165) is 16.7 Å². The van der Waals surface area contributed by atoms with E-state index >= 15 is 0 Å². The van der Waals surface area contributed by atoms with Crippen LogP contribution in [0.1, 0.15) is 36.5 Å². The Kier molecular flexibility index (Phi) is 8.48. The number of aliphatic hydroxyl groups excluding tert-OH is 2. The molecule has 0 radical (unpaired) electrons. The van der Waals surface area contributed by atoms with Crippen molar-refractivity contribution >= 4 is 0 Å². The Morgan fingerprint density at radius 3 is 2.03 bits per heavy atom. The summed E-state index contributed by atoms with van der Waals surface area (Å²) in [4.78, 5) is 0. The molecule has 0 aromatic heterocycles. The lowest BCUT2D eigenvalue weighted by molar-refractivity contribution is -0.146. The highest BCUT2D eigenvalue weighted by molar-refractivity contribution is 5.34. The molecule has 1 fully saturated rings. The monoisotopic (exact) mass is 462 g/mol. The molecule has 4 atom stereocenters. The summed E-state index contributed by atoms with van der Waals surface area (Å²) >= 11 is 0. The van der Waals surface area contributed by atoms with Gasteiger partial charge in [-0.25, -0.2) is 0 Å². The number of hydrogen-bond donors (Lipinski definition) is 2. The molecule has 0 bridgehead atoms. The number of ether oxygens (including phenoxy) is 3. The van der Waals surface area contributed by atoms with E-state index in [4.69, 9.17) is 14.2 Å². The topological polar surface area (TPSA) is 68.2 Å². The molecule has 0 saturated carbocycles. The smallest absolute Gasteiger partial charge is 0.222 e. The summed E-state index contributed by atoms with van der Waals surface area (Å²) in [6.45, 7) is 3.24. The third-order valence-electron chi connectivity index (χ3n) is 6.31. The summed E-state index contributed by atoms with van der Waals surface area (Å²) < 4.78 is 18.5. The number of aliphatic hydroxyl groups is 2. The second-order valence-electron chi connectivity index (χ2n) is 9.07. The Morgan fingerprint density at radius 1 is 0.882 bits per heavy atom.